The lowest BCUT2D eigenvalue weighted by Gasteiger charge is -2.35. The highest BCUT2D eigenvalue weighted by Crippen LogP contribution is 2.30. The van der Waals surface area contributed by atoms with E-state index in [9.17, 15) is 4.79 Å². The minimum Gasteiger partial charge on any atom is -0.337 e. The number of thiazole rings is 1. The van der Waals surface area contributed by atoms with E-state index in [-0.39, 0.29) is 5.92 Å². The fourth-order valence-corrected chi connectivity index (χ4v) is 4.26. The standard InChI is InChI=1S/C16H21N5OS/c1-19-5-4-17-15(19)9-20-6-12-2-3-14(8-20)21(16(12)22)7-13-10-23-11-18-13/h4-5,10-12,14H,2-3,6-9H2,1H3/t12-,14+/m1/s1. The minimum atomic E-state index is 0.118. The van der Waals surface area contributed by atoms with Crippen LogP contribution in [0.2, 0.25) is 0 Å². The van der Waals surface area contributed by atoms with Crippen LogP contribution in [0.4, 0.5) is 0 Å². The topological polar surface area (TPSA) is 54.3 Å². The Morgan fingerprint density at radius 1 is 1.26 bits per heavy atom. The Balaban J connectivity index is 1.51. The summed E-state index contributed by atoms with van der Waals surface area (Å²) >= 11 is 1.59. The van der Waals surface area contributed by atoms with Crippen molar-refractivity contribution in [2.75, 3.05) is 13.1 Å². The van der Waals surface area contributed by atoms with E-state index < -0.39 is 0 Å². The van der Waals surface area contributed by atoms with Crippen molar-refractivity contribution in [1.82, 2.24) is 24.3 Å². The largest absolute Gasteiger partial charge is 0.337 e. The van der Waals surface area contributed by atoms with E-state index in [2.05, 4.69) is 24.3 Å². The van der Waals surface area contributed by atoms with Gasteiger partial charge in [-0.1, -0.05) is 0 Å². The number of carbonyl (C=O) groups is 1. The van der Waals surface area contributed by atoms with Crippen LogP contribution >= 0.6 is 11.3 Å². The second-order valence-electron chi connectivity index (χ2n) is 6.52. The summed E-state index contributed by atoms with van der Waals surface area (Å²) in [5.41, 5.74) is 2.84. The maximum atomic E-state index is 12.8. The third-order valence-corrected chi connectivity index (χ3v) is 5.61. The first-order chi connectivity index (χ1) is 11.2. The van der Waals surface area contributed by atoms with Crippen molar-refractivity contribution in [2.45, 2.75) is 32.0 Å². The van der Waals surface area contributed by atoms with Crippen LogP contribution in [0.15, 0.2) is 23.3 Å². The molecular formula is C16H21N5OS. The van der Waals surface area contributed by atoms with Gasteiger partial charge in [-0.3, -0.25) is 9.69 Å². The molecule has 0 spiro atoms. The van der Waals surface area contributed by atoms with E-state index in [1.165, 1.54) is 0 Å². The van der Waals surface area contributed by atoms with Crippen LogP contribution in [-0.2, 0) is 24.9 Å². The van der Waals surface area contributed by atoms with Gasteiger partial charge < -0.3 is 9.47 Å². The molecule has 3 aliphatic heterocycles. The number of nitrogens with zero attached hydrogens (tertiary/aromatic N) is 5. The summed E-state index contributed by atoms with van der Waals surface area (Å²) in [5, 5.41) is 2.04. The lowest BCUT2D eigenvalue weighted by Crippen LogP contribution is -2.47. The van der Waals surface area contributed by atoms with Gasteiger partial charge in [0.2, 0.25) is 5.91 Å². The molecule has 3 saturated heterocycles. The maximum Gasteiger partial charge on any atom is 0.227 e. The summed E-state index contributed by atoms with van der Waals surface area (Å²) in [5.74, 6) is 1.48. The highest BCUT2D eigenvalue weighted by Gasteiger charge is 2.40. The molecule has 0 unspecified atom stereocenters. The number of carbonyl (C=O) groups excluding carboxylic acids is 1. The molecule has 1 amide bonds. The molecule has 2 bridgehead atoms. The van der Waals surface area contributed by atoms with Gasteiger partial charge in [-0.2, -0.15) is 0 Å². The van der Waals surface area contributed by atoms with E-state index in [0.717, 1.165) is 44.0 Å². The fraction of sp³-hybridized carbons (Fsp3) is 0.562. The number of fused-ring (bicyclic) bond motifs is 4. The van der Waals surface area contributed by atoms with Gasteiger partial charge in [0.25, 0.3) is 0 Å². The van der Waals surface area contributed by atoms with Crippen LogP contribution in [0.3, 0.4) is 0 Å². The Hall–Kier alpha value is -1.73. The average molecular weight is 331 g/mol. The third kappa shape index (κ3) is 2.90. The molecule has 3 aliphatic rings. The molecule has 2 aromatic rings. The zero-order chi connectivity index (χ0) is 15.8. The lowest BCUT2D eigenvalue weighted by atomic mass is 9.94. The van der Waals surface area contributed by atoms with Crippen molar-refractivity contribution in [3.63, 3.8) is 0 Å². The molecule has 5 heterocycles. The Kier molecular flexibility index (Phi) is 3.90. The molecule has 5 rings (SSSR count). The van der Waals surface area contributed by atoms with Gasteiger partial charge in [-0.05, 0) is 12.8 Å². The number of piperidine rings is 1. The number of aryl methyl sites for hydroxylation is 1. The van der Waals surface area contributed by atoms with Crippen molar-refractivity contribution in [2.24, 2.45) is 13.0 Å². The molecule has 7 heteroatoms. The van der Waals surface area contributed by atoms with Crippen molar-refractivity contribution in [3.05, 3.63) is 34.8 Å². The second kappa shape index (κ2) is 6.05. The molecule has 2 atom stereocenters. The van der Waals surface area contributed by atoms with Crippen molar-refractivity contribution in [3.8, 4) is 0 Å². The smallest absolute Gasteiger partial charge is 0.227 e. The highest BCUT2D eigenvalue weighted by atomic mass is 32.1. The van der Waals surface area contributed by atoms with Crippen LogP contribution in [0.5, 0.6) is 0 Å². The van der Waals surface area contributed by atoms with E-state index >= 15 is 0 Å². The molecule has 122 valence electrons. The number of imidazole rings is 1. The zero-order valence-electron chi connectivity index (χ0n) is 13.3. The molecule has 0 radical (unpaired) electrons. The summed E-state index contributed by atoms with van der Waals surface area (Å²) in [6.07, 6.45) is 5.91. The molecule has 2 aromatic heterocycles. The summed E-state index contributed by atoms with van der Waals surface area (Å²) in [7, 11) is 2.02. The van der Waals surface area contributed by atoms with Crippen LogP contribution in [0, 0.1) is 5.92 Å². The van der Waals surface area contributed by atoms with Gasteiger partial charge in [-0.15, -0.1) is 11.3 Å². The molecule has 0 N–H and O–H groups in total. The summed E-state index contributed by atoms with van der Waals surface area (Å²) < 4.78 is 2.06. The van der Waals surface area contributed by atoms with Crippen LogP contribution in [0.1, 0.15) is 24.4 Å². The first-order valence-corrected chi connectivity index (χ1v) is 9.01. The molecule has 0 aromatic carbocycles. The Labute approximate surface area is 139 Å². The van der Waals surface area contributed by atoms with Gasteiger partial charge in [0.15, 0.2) is 0 Å². The van der Waals surface area contributed by atoms with Crippen molar-refractivity contribution >= 4 is 17.2 Å². The number of hydrogen-bond donors (Lipinski definition) is 0. The molecule has 23 heavy (non-hydrogen) atoms. The number of amides is 1. The SMILES string of the molecule is Cn1ccnc1CN1C[C@H]2CC[C@@H](C1)N(Cc1cscn1)C2=O. The van der Waals surface area contributed by atoms with E-state index in [4.69, 9.17) is 0 Å². The quantitative estimate of drug-likeness (QED) is 0.852. The Morgan fingerprint density at radius 2 is 2.17 bits per heavy atom. The first-order valence-electron chi connectivity index (χ1n) is 8.07. The fourth-order valence-electron chi connectivity index (χ4n) is 3.71. The first kappa shape index (κ1) is 14.8. The van der Waals surface area contributed by atoms with Crippen LogP contribution in [-0.4, -0.2) is 49.4 Å². The second-order valence-corrected chi connectivity index (χ2v) is 7.24. The maximum absolute atomic E-state index is 12.8. The van der Waals surface area contributed by atoms with Gasteiger partial charge in [0.1, 0.15) is 5.82 Å². The Morgan fingerprint density at radius 3 is 2.91 bits per heavy atom. The monoisotopic (exact) mass is 331 g/mol. The van der Waals surface area contributed by atoms with E-state index in [1.807, 2.05) is 30.3 Å². The summed E-state index contributed by atoms with van der Waals surface area (Å²) in [6, 6.07) is 0.295. The van der Waals surface area contributed by atoms with Gasteiger partial charge in [-0.25, -0.2) is 9.97 Å². The summed E-state index contributed by atoms with van der Waals surface area (Å²) in [6.45, 7) is 3.24. The summed E-state index contributed by atoms with van der Waals surface area (Å²) in [4.78, 5) is 26.0. The minimum absolute atomic E-state index is 0.118. The number of aromatic nitrogens is 3. The van der Waals surface area contributed by atoms with Crippen molar-refractivity contribution in [1.29, 1.82) is 0 Å². The number of rotatable bonds is 4. The highest BCUT2D eigenvalue weighted by molar-refractivity contribution is 7.07. The predicted octanol–water partition coefficient (Wildman–Crippen LogP) is 1.50. The van der Waals surface area contributed by atoms with Gasteiger partial charge in [0.05, 0.1) is 30.2 Å². The molecule has 6 nitrogen and oxygen atoms in total. The normalized spacial score (nSPS) is 25.1. The average Bonchev–Trinajstić information content (AvgIpc) is 3.10. The molecule has 3 fully saturated rings. The third-order valence-electron chi connectivity index (χ3n) is 4.97. The lowest BCUT2D eigenvalue weighted by molar-refractivity contribution is -0.140. The zero-order valence-corrected chi connectivity index (χ0v) is 14.1. The van der Waals surface area contributed by atoms with E-state index in [0.29, 0.717) is 18.5 Å². The van der Waals surface area contributed by atoms with E-state index in [1.54, 1.807) is 11.3 Å². The van der Waals surface area contributed by atoms with Gasteiger partial charge in [0, 0.05) is 44.0 Å². The van der Waals surface area contributed by atoms with Crippen LogP contribution in [0.25, 0.3) is 0 Å². The Bertz CT molecular complexity index is 682. The van der Waals surface area contributed by atoms with Crippen LogP contribution < -0.4 is 0 Å². The molecule has 0 aliphatic carbocycles. The molecular weight excluding hydrogens is 310 g/mol. The van der Waals surface area contributed by atoms with Crippen molar-refractivity contribution < 1.29 is 4.79 Å². The predicted molar refractivity (Wildman–Crippen MR) is 87.7 cm³/mol. The van der Waals surface area contributed by atoms with Gasteiger partial charge >= 0.3 is 0 Å². The molecule has 0 saturated carbocycles. The number of hydrogen-bond acceptors (Lipinski definition) is 5.